The molecule has 2 nitrogen and oxygen atoms in total. The number of hydrogen-bond acceptors (Lipinski definition) is 2. The summed E-state index contributed by atoms with van der Waals surface area (Å²) in [7, 11) is 0. The van der Waals surface area contributed by atoms with Gasteiger partial charge in [0.2, 0.25) is 0 Å². The molecule has 3 heteroatoms. The molecule has 0 bridgehead atoms. The van der Waals surface area contributed by atoms with E-state index in [-0.39, 0.29) is 5.82 Å². The van der Waals surface area contributed by atoms with E-state index in [2.05, 4.69) is 18.7 Å². The molecule has 2 rings (SSSR count). The van der Waals surface area contributed by atoms with Gasteiger partial charge in [-0.1, -0.05) is 19.1 Å². The molecule has 1 saturated heterocycles. The summed E-state index contributed by atoms with van der Waals surface area (Å²) < 4.78 is 13.2. The van der Waals surface area contributed by atoms with Crippen molar-refractivity contribution in [2.75, 3.05) is 13.1 Å². The standard InChI is InChI=1S/C16H25FN2/c1-12-5-4-8-19(16(12)11-18)13(2)9-14-6-3-7-15(17)10-14/h3,6-7,10,12-13,16H,4-5,8-9,11,18H2,1-2H3. The Labute approximate surface area is 115 Å². The van der Waals surface area contributed by atoms with Gasteiger partial charge in [-0.3, -0.25) is 4.90 Å². The highest BCUT2D eigenvalue weighted by Gasteiger charge is 2.30. The van der Waals surface area contributed by atoms with Crippen LogP contribution in [0.15, 0.2) is 24.3 Å². The summed E-state index contributed by atoms with van der Waals surface area (Å²) in [5.41, 5.74) is 7.01. The number of likely N-dealkylation sites (tertiary alicyclic amines) is 1. The minimum Gasteiger partial charge on any atom is -0.329 e. The number of nitrogens with zero attached hydrogens (tertiary/aromatic N) is 1. The summed E-state index contributed by atoms with van der Waals surface area (Å²) in [5, 5.41) is 0. The fourth-order valence-corrected chi connectivity index (χ4v) is 3.32. The molecule has 0 radical (unpaired) electrons. The lowest BCUT2D eigenvalue weighted by atomic mass is 9.89. The minimum absolute atomic E-state index is 0.146. The molecule has 1 aromatic carbocycles. The van der Waals surface area contributed by atoms with Gasteiger partial charge in [-0.05, 0) is 56.3 Å². The van der Waals surface area contributed by atoms with E-state index in [9.17, 15) is 4.39 Å². The van der Waals surface area contributed by atoms with Crippen LogP contribution in [0.4, 0.5) is 4.39 Å². The van der Waals surface area contributed by atoms with Crippen molar-refractivity contribution < 1.29 is 4.39 Å². The van der Waals surface area contributed by atoms with Gasteiger partial charge in [-0.15, -0.1) is 0 Å². The van der Waals surface area contributed by atoms with Crippen molar-refractivity contribution in [3.05, 3.63) is 35.6 Å². The smallest absolute Gasteiger partial charge is 0.123 e. The Bertz CT molecular complexity index is 407. The monoisotopic (exact) mass is 264 g/mol. The predicted molar refractivity (Wildman–Crippen MR) is 77.5 cm³/mol. The van der Waals surface area contributed by atoms with Gasteiger partial charge in [0.25, 0.3) is 0 Å². The maximum atomic E-state index is 13.2. The molecule has 1 fully saturated rings. The third-order valence-corrected chi connectivity index (χ3v) is 4.39. The van der Waals surface area contributed by atoms with E-state index in [0.717, 1.165) is 18.5 Å². The number of hydrogen-bond donors (Lipinski definition) is 1. The van der Waals surface area contributed by atoms with Crippen molar-refractivity contribution in [2.45, 2.75) is 45.2 Å². The Kier molecular flexibility index (Phi) is 4.94. The lowest BCUT2D eigenvalue weighted by Gasteiger charge is -2.43. The van der Waals surface area contributed by atoms with Crippen molar-refractivity contribution >= 4 is 0 Å². The molecule has 3 unspecified atom stereocenters. The van der Waals surface area contributed by atoms with Crippen molar-refractivity contribution in [3.8, 4) is 0 Å². The van der Waals surface area contributed by atoms with E-state index in [0.29, 0.717) is 24.5 Å². The van der Waals surface area contributed by atoms with Crippen LogP contribution in [0.2, 0.25) is 0 Å². The average molecular weight is 264 g/mol. The van der Waals surface area contributed by atoms with Gasteiger partial charge >= 0.3 is 0 Å². The van der Waals surface area contributed by atoms with Gasteiger partial charge in [-0.25, -0.2) is 4.39 Å². The van der Waals surface area contributed by atoms with Crippen LogP contribution in [0.5, 0.6) is 0 Å². The Balaban J connectivity index is 2.03. The zero-order chi connectivity index (χ0) is 13.8. The molecule has 0 spiro atoms. The SMILES string of the molecule is CC1CCCN(C(C)Cc2cccc(F)c2)C1CN. The van der Waals surface area contributed by atoms with E-state index in [1.807, 2.05) is 6.07 Å². The Morgan fingerprint density at radius 2 is 2.26 bits per heavy atom. The van der Waals surface area contributed by atoms with Gasteiger partial charge in [-0.2, -0.15) is 0 Å². The molecular formula is C16H25FN2. The quantitative estimate of drug-likeness (QED) is 0.906. The number of halogens is 1. The van der Waals surface area contributed by atoms with E-state index in [1.54, 1.807) is 12.1 Å². The average Bonchev–Trinajstić information content (AvgIpc) is 2.38. The molecular weight excluding hydrogens is 239 g/mol. The van der Waals surface area contributed by atoms with Crippen LogP contribution in [0.25, 0.3) is 0 Å². The molecule has 106 valence electrons. The number of nitrogens with two attached hydrogens (primary N) is 1. The summed E-state index contributed by atoms with van der Waals surface area (Å²) >= 11 is 0. The maximum Gasteiger partial charge on any atom is 0.123 e. The molecule has 1 aliphatic rings. The molecule has 0 aromatic heterocycles. The molecule has 1 aromatic rings. The summed E-state index contributed by atoms with van der Waals surface area (Å²) in [6.45, 7) is 6.35. The number of benzene rings is 1. The minimum atomic E-state index is -0.146. The predicted octanol–water partition coefficient (Wildman–Crippen LogP) is 2.82. The van der Waals surface area contributed by atoms with E-state index >= 15 is 0 Å². The van der Waals surface area contributed by atoms with E-state index in [1.165, 1.54) is 18.9 Å². The fourth-order valence-electron chi connectivity index (χ4n) is 3.32. The summed E-state index contributed by atoms with van der Waals surface area (Å²) in [4.78, 5) is 2.51. The van der Waals surface area contributed by atoms with Gasteiger partial charge < -0.3 is 5.73 Å². The van der Waals surface area contributed by atoms with Crippen molar-refractivity contribution in [3.63, 3.8) is 0 Å². The first-order valence-corrected chi connectivity index (χ1v) is 7.32. The summed E-state index contributed by atoms with van der Waals surface area (Å²) in [5.74, 6) is 0.515. The summed E-state index contributed by atoms with van der Waals surface area (Å²) in [6, 6.07) is 7.82. The van der Waals surface area contributed by atoms with Crippen LogP contribution in [0.1, 0.15) is 32.3 Å². The fraction of sp³-hybridized carbons (Fsp3) is 0.625. The molecule has 19 heavy (non-hydrogen) atoms. The first-order valence-electron chi connectivity index (χ1n) is 7.32. The first-order chi connectivity index (χ1) is 9.11. The maximum absolute atomic E-state index is 13.2. The highest BCUT2D eigenvalue weighted by atomic mass is 19.1. The second-order valence-corrected chi connectivity index (χ2v) is 5.84. The lowest BCUT2D eigenvalue weighted by Crippen LogP contribution is -2.52. The lowest BCUT2D eigenvalue weighted by molar-refractivity contribution is 0.0692. The van der Waals surface area contributed by atoms with Crippen LogP contribution in [-0.2, 0) is 6.42 Å². The van der Waals surface area contributed by atoms with E-state index in [4.69, 9.17) is 5.73 Å². The van der Waals surface area contributed by atoms with Crippen LogP contribution in [-0.4, -0.2) is 30.1 Å². The zero-order valence-corrected chi connectivity index (χ0v) is 12.0. The number of rotatable bonds is 4. The van der Waals surface area contributed by atoms with Crippen molar-refractivity contribution in [1.29, 1.82) is 0 Å². The van der Waals surface area contributed by atoms with Crippen LogP contribution in [0, 0.1) is 11.7 Å². The Hall–Kier alpha value is -0.930. The Morgan fingerprint density at radius 3 is 2.95 bits per heavy atom. The van der Waals surface area contributed by atoms with Gasteiger partial charge in [0, 0.05) is 18.6 Å². The number of piperidine rings is 1. The Morgan fingerprint density at radius 1 is 1.47 bits per heavy atom. The van der Waals surface area contributed by atoms with Crippen LogP contribution >= 0.6 is 0 Å². The van der Waals surface area contributed by atoms with E-state index < -0.39 is 0 Å². The van der Waals surface area contributed by atoms with Gasteiger partial charge in [0.15, 0.2) is 0 Å². The normalized spacial score (nSPS) is 26.3. The second-order valence-electron chi connectivity index (χ2n) is 5.84. The van der Waals surface area contributed by atoms with Crippen molar-refractivity contribution in [2.24, 2.45) is 11.7 Å². The molecule has 0 amide bonds. The molecule has 2 N–H and O–H groups in total. The molecule has 0 aliphatic carbocycles. The third-order valence-electron chi connectivity index (χ3n) is 4.39. The first kappa shape index (κ1) is 14.5. The third kappa shape index (κ3) is 3.54. The molecule has 0 saturated carbocycles. The highest BCUT2D eigenvalue weighted by Crippen LogP contribution is 2.25. The van der Waals surface area contributed by atoms with Gasteiger partial charge in [0.05, 0.1) is 0 Å². The second kappa shape index (κ2) is 6.49. The molecule has 1 aliphatic heterocycles. The molecule has 1 heterocycles. The van der Waals surface area contributed by atoms with Gasteiger partial charge in [0.1, 0.15) is 5.82 Å². The summed E-state index contributed by atoms with van der Waals surface area (Å²) in [6.07, 6.45) is 3.40. The van der Waals surface area contributed by atoms with Crippen LogP contribution < -0.4 is 5.73 Å². The largest absolute Gasteiger partial charge is 0.329 e. The highest BCUT2D eigenvalue weighted by molar-refractivity contribution is 5.17. The van der Waals surface area contributed by atoms with Crippen LogP contribution in [0.3, 0.4) is 0 Å². The van der Waals surface area contributed by atoms with Crippen molar-refractivity contribution in [1.82, 2.24) is 4.90 Å². The molecule has 3 atom stereocenters. The topological polar surface area (TPSA) is 29.3 Å². The zero-order valence-electron chi connectivity index (χ0n) is 12.0.